The standard InChI is InChI=1S/C22H26N2O2/c1-22(2,3)21(25)19-8-4-18(5-9-19)15-26-20-10-6-17(7-11-20)14-24-13-12-23-16-24/h4-13,16,21,25H,14-15H2,1-3H3. The monoisotopic (exact) mass is 350 g/mol. The van der Waals surface area contributed by atoms with Gasteiger partial charge in [0.1, 0.15) is 12.4 Å². The summed E-state index contributed by atoms with van der Waals surface area (Å²) in [5.41, 5.74) is 3.05. The van der Waals surface area contributed by atoms with Gasteiger partial charge in [0.15, 0.2) is 0 Å². The summed E-state index contributed by atoms with van der Waals surface area (Å²) in [4.78, 5) is 4.05. The first-order valence-electron chi connectivity index (χ1n) is 8.86. The van der Waals surface area contributed by atoms with Crippen molar-refractivity contribution in [1.29, 1.82) is 0 Å². The number of imidazole rings is 1. The van der Waals surface area contributed by atoms with Gasteiger partial charge in [0.25, 0.3) is 0 Å². The van der Waals surface area contributed by atoms with Crippen LogP contribution in [0.1, 0.15) is 43.6 Å². The van der Waals surface area contributed by atoms with Crippen molar-refractivity contribution < 1.29 is 9.84 Å². The van der Waals surface area contributed by atoms with Crippen LogP contribution in [0.4, 0.5) is 0 Å². The van der Waals surface area contributed by atoms with Crippen LogP contribution in [0.5, 0.6) is 5.75 Å². The molecule has 0 fully saturated rings. The minimum atomic E-state index is -0.472. The number of rotatable bonds is 6. The summed E-state index contributed by atoms with van der Waals surface area (Å²) < 4.78 is 7.90. The van der Waals surface area contributed by atoms with Gasteiger partial charge in [0.05, 0.1) is 12.4 Å². The average molecular weight is 350 g/mol. The molecule has 0 amide bonds. The molecule has 1 atom stereocenters. The zero-order valence-corrected chi connectivity index (χ0v) is 15.6. The van der Waals surface area contributed by atoms with E-state index in [1.807, 2.05) is 74.3 Å². The summed E-state index contributed by atoms with van der Waals surface area (Å²) in [6, 6.07) is 16.1. The van der Waals surface area contributed by atoms with Gasteiger partial charge in [-0.15, -0.1) is 0 Å². The van der Waals surface area contributed by atoms with Crippen molar-refractivity contribution in [3.63, 3.8) is 0 Å². The Balaban J connectivity index is 1.55. The molecule has 1 heterocycles. The molecular weight excluding hydrogens is 324 g/mol. The Hall–Kier alpha value is -2.59. The Bertz CT molecular complexity index is 801. The van der Waals surface area contributed by atoms with E-state index in [1.165, 1.54) is 5.56 Å². The summed E-state index contributed by atoms with van der Waals surface area (Å²) in [5.74, 6) is 0.846. The van der Waals surface area contributed by atoms with Crippen LogP contribution in [0.3, 0.4) is 0 Å². The van der Waals surface area contributed by atoms with Crippen molar-refractivity contribution in [2.45, 2.75) is 40.0 Å². The molecule has 1 unspecified atom stereocenters. The van der Waals surface area contributed by atoms with Gasteiger partial charge in [-0.25, -0.2) is 4.98 Å². The van der Waals surface area contributed by atoms with Crippen LogP contribution < -0.4 is 4.74 Å². The molecule has 0 saturated carbocycles. The summed E-state index contributed by atoms with van der Waals surface area (Å²) in [5, 5.41) is 10.3. The zero-order chi connectivity index (χ0) is 18.6. The summed E-state index contributed by atoms with van der Waals surface area (Å²) in [6.07, 6.45) is 5.07. The third-order valence-corrected chi connectivity index (χ3v) is 4.37. The van der Waals surface area contributed by atoms with E-state index in [4.69, 9.17) is 4.74 Å². The molecule has 0 saturated heterocycles. The molecule has 0 aliphatic heterocycles. The molecule has 0 spiro atoms. The number of aliphatic hydroxyl groups is 1. The van der Waals surface area contributed by atoms with Crippen LogP contribution in [0.15, 0.2) is 67.3 Å². The van der Waals surface area contributed by atoms with Crippen LogP contribution in [-0.4, -0.2) is 14.7 Å². The second kappa shape index (κ2) is 7.75. The fourth-order valence-corrected chi connectivity index (χ4v) is 2.74. The van der Waals surface area contributed by atoms with Crippen molar-refractivity contribution in [2.75, 3.05) is 0 Å². The highest BCUT2D eigenvalue weighted by atomic mass is 16.5. The van der Waals surface area contributed by atoms with Crippen molar-refractivity contribution >= 4 is 0 Å². The average Bonchev–Trinajstić information content (AvgIpc) is 3.13. The molecule has 1 aromatic heterocycles. The normalized spacial score (nSPS) is 12.8. The lowest BCUT2D eigenvalue weighted by atomic mass is 9.85. The molecule has 4 heteroatoms. The van der Waals surface area contributed by atoms with E-state index in [0.717, 1.165) is 23.4 Å². The molecule has 0 aliphatic rings. The predicted octanol–water partition coefficient (Wildman–Crippen LogP) is 4.59. The fourth-order valence-electron chi connectivity index (χ4n) is 2.74. The van der Waals surface area contributed by atoms with E-state index >= 15 is 0 Å². The SMILES string of the molecule is CC(C)(C)C(O)c1ccc(COc2ccc(Cn3ccnc3)cc2)cc1. The molecule has 0 bridgehead atoms. The van der Waals surface area contributed by atoms with Gasteiger partial charge < -0.3 is 14.4 Å². The minimum absolute atomic E-state index is 0.170. The van der Waals surface area contributed by atoms with Crippen LogP contribution >= 0.6 is 0 Å². The summed E-state index contributed by atoms with van der Waals surface area (Å²) >= 11 is 0. The van der Waals surface area contributed by atoms with Crippen molar-refractivity contribution in [1.82, 2.24) is 9.55 Å². The number of ether oxygens (including phenoxy) is 1. The van der Waals surface area contributed by atoms with Gasteiger partial charge in [-0.05, 0) is 34.2 Å². The van der Waals surface area contributed by atoms with E-state index in [0.29, 0.717) is 6.61 Å². The molecule has 3 aromatic rings. The highest BCUT2D eigenvalue weighted by molar-refractivity contribution is 5.29. The Kier molecular flexibility index (Phi) is 5.43. The van der Waals surface area contributed by atoms with Crippen LogP contribution in [-0.2, 0) is 13.2 Å². The van der Waals surface area contributed by atoms with E-state index in [2.05, 4.69) is 17.1 Å². The number of nitrogens with zero attached hydrogens (tertiary/aromatic N) is 2. The van der Waals surface area contributed by atoms with Gasteiger partial charge in [-0.1, -0.05) is 57.2 Å². The Morgan fingerprint density at radius 2 is 1.65 bits per heavy atom. The van der Waals surface area contributed by atoms with Crippen molar-refractivity contribution in [2.24, 2.45) is 5.41 Å². The smallest absolute Gasteiger partial charge is 0.119 e. The van der Waals surface area contributed by atoms with Gasteiger partial charge in [0.2, 0.25) is 0 Å². The maximum absolute atomic E-state index is 10.3. The molecule has 2 aromatic carbocycles. The van der Waals surface area contributed by atoms with Crippen molar-refractivity contribution in [3.05, 3.63) is 83.9 Å². The van der Waals surface area contributed by atoms with Crippen LogP contribution in [0.25, 0.3) is 0 Å². The first-order valence-corrected chi connectivity index (χ1v) is 8.86. The quantitative estimate of drug-likeness (QED) is 0.707. The topological polar surface area (TPSA) is 47.3 Å². The number of benzene rings is 2. The van der Waals surface area contributed by atoms with Gasteiger partial charge in [0, 0.05) is 18.9 Å². The van der Waals surface area contributed by atoms with Crippen LogP contribution in [0, 0.1) is 5.41 Å². The summed E-state index contributed by atoms with van der Waals surface area (Å²) in [6.45, 7) is 7.41. The first-order chi connectivity index (χ1) is 12.4. The molecule has 3 rings (SSSR count). The molecule has 1 N–H and O–H groups in total. The largest absolute Gasteiger partial charge is 0.489 e. The maximum atomic E-state index is 10.3. The third-order valence-electron chi connectivity index (χ3n) is 4.37. The lowest BCUT2D eigenvalue weighted by Crippen LogP contribution is -2.17. The van der Waals surface area contributed by atoms with Crippen molar-refractivity contribution in [3.8, 4) is 5.75 Å². The fraction of sp³-hybridized carbons (Fsp3) is 0.318. The molecule has 0 radical (unpaired) electrons. The van der Waals surface area contributed by atoms with E-state index in [-0.39, 0.29) is 5.41 Å². The number of hydrogen-bond donors (Lipinski definition) is 1. The molecule has 136 valence electrons. The third kappa shape index (κ3) is 4.73. The van der Waals surface area contributed by atoms with E-state index in [1.54, 1.807) is 6.20 Å². The van der Waals surface area contributed by atoms with E-state index < -0.39 is 6.10 Å². The molecule has 4 nitrogen and oxygen atoms in total. The minimum Gasteiger partial charge on any atom is -0.489 e. The van der Waals surface area contributed by atoms with Gasteiger partial charge in [-0.2, -0.15) is 0 Å². The Labute approximate surface area is 155 Å². The lowest BCUT2D eigenvalue weighted by molar-refractivity contribution is 0.0626. The molecule has 26 heavy (non-hydrogen) atoms. The van der Waals surface area contributed by atoms with Crippen LogP contribution in [0.2, 0.25) is 0 Å². The van der Waals surface area contributed by atoms with E-state index in [9.17, 15) is 5.11 Å². The predicted molar refractivity (Wildman–Crippen MR) is 103 cm³/mol. The maximum Gasteiger partial charge on any atom is 0.119 e. The lowest BCUT2D eigenvalue weighted by Gasteiger charge is -2.26. The highest BCUT2D eigenvalue weighted by Gasteiger charge is 2.23. The molecular formula is C22H26N2O2. The Morgan fingerprint density at radius 3 is 2.23 bits per heavy atom. The second-order valence-corrected chi connectivity index (χ2v) is 7.68. The molecule has 0 aliphatic carbocycles. The zero-order valence-electron chi connectivity index (χ0n) is 15.6. The second-order valence-electron chi connectivity index (χ2n) is 7.68. The Morgan fingerprint density at radius 1 is 1.00 bits per heavy atom. The van der Waals surface area contributed by atoms with Gasteiger partial charge >= 0.3 is 0 Å². The summed E-state index contributed by atoms with van der Waals surface area (Å²) in [7, 11) is 0. The number of aliphatic hydroxyl groups excluding tert-OH is 1. The first kappa shape index (κ1) is 18.2. The number of hydrogen-bond acceptors (Lipinski definition) is 3. The van der Waals surface area contributed by atoms with Gasteiger partial charge in [-0.3, -0.25) is 0 Å². The number of aromatic nitrogens is 2. The highest BCUT2D eigenvalue weighted by Crippen LogP contribution is 2.32.